The van der Waals surface area contributed by atoms with Gasteiger partial charge in [0, 0.05) is 29.7 Å². The fourth-order valence-electron chi connectivity index (χ4n) is 2.67. The number of thioether (sulfide) groups is 1. The normalized spacial score (nSPS) is 13.0. The van der Waals surface area contributed by atoms with Crippen LogP contribution in [0.5, 0.6) is 0 Å². The van der Waals surface area contributed by atoms with Crippen molar-refractivity contribution in [1.82, 2.24) is 15.1 Å². The SMILES string of the molecule is CCCNC(=O)Cn1nc2c(c1NC(=O)/C=C/c1ccccc1)CSC2. The van der Waals surface area contributed by atoms with E-state index in [9.17, 15) is 9.59 Å². The molecule has 7 heteroatoms. The number of anilines is 1. The molecule has 1 aliphatic heterocycles. The lowest BCUT2D eigenvalue weighted by atomic mass is 10.2. The van der Waals surface area contributed by atoms with E-state index in [1.165, 1.54) is 6.08 Å². The van der Waals surface area contributed by atoms with Crippen LogP contribution in [0.1, 0.15) is 30.2 Å². The van der Waals surface area contributed by atoms with Crippen molar-refractivity contribution >= 4 is 35.5 Å². The average molecular weight is 370 g/mol. The van der Waals surface area contributed by atoms with Crippen LogP contribution in [0.4, 0.5) is 5.82 Å². The van der Waals surface area contributed by atoms with Gasteiger partial charge in [0.05, 0.1) is 5.69 Å². The van der Waals surface area contributed by atoms with Gasteiger partial charge in [0.1, 0.15) is 12.4 Å². The minimum Gasteiger partial charge on any atom is -0.355 e. The summed E-state index contributed by atoms with van der Waals surface area (Å²) in [5.41, 5.74) is 2.91. The summed E-state index contributed by atoms with van der Waals surface area (Å²) in [5.74, 6) is 1.89. The van der Waals surface area contributed by atoms with Crippen molar-refractivity contribution in [3.8, 4) is 0 Å². The van der Waals surface area contributed by atoms with Crippen LogP contribution >= 0.6 is 11.8 Å². The quantitative estimate of drug-likeness (QED) is 0.735. The second kappa shape index (κ2) is 8.71. The van der Waals surface area contributed by atoms with Crippen molar-refractivity contribution < 1.29 is 9.59 Å². The predicted molar refractivity (Wildman–Crippen MR) is 105 cm³/mol. The molecule has 2 heterocycles. The highest BCUT2D eigenvalue weighted by Crippen LogP contribution is 2.34. The zero-order valence-electron chi connectivity index (χ0n) is 14.7. The van der Waals surface area contributed by atoms with Crippen molar-refractivity contribution in [1.29, 1.82) is 0 Å². The summed E-state index contributed by atoms with van der Waals surface area (Å²) in [6.07, 6.45) is 4.14. The van der Waals surface area contributed by atoms with Crippen molar-refractivity contribution in [3.05, 3.63) is 53.2 Å². The molecular weight excluding hydrogens is 348 g/mol. The van der Waals surface area contributed by atoms with Crippen LogP contribution in [-0.4, -0.2) is 28.1 Å². The van der Waals surface area contributed by atoms with Crippen LogP contribution in [0, 0.1) is 0 Å². The fourth-order valence-corrected chi connectivity index (χ4v) is 3.71. The molecule has 1 aliphatic rings. The molecule has 0 atom stereocenters. The van der Waals surface area contributed by atoms with Crippen LogP contribution in [0.25, 0.3) is 6.08 Å². The molecule has 0 spiro atoms. The van der Waals surface area contributed by atoms with E-state index in [0.717, 1.165) is 34.7 Å². The topological polar surface area (TPSA) is 76.0 Å². The number of nitrogens with zero attached hydrogens (tertiary/aromatic N) is 2. The molecule has 0 radical (unpaired) electrons. The molecule has 1 aromatic carbocycles. The number of benzene rings is 1. The number of fused-ring (bicyclic) bond motifs is 1. The van der Waals surface area contributed by atoms with Crippen molar-refractivity contribution in [3.63, 3.8) is 0 Å². The zero-order chi connectivity index (χ0) is 18.4. The standard InChI is InChI=1S/C19H22N4O2S/c1-2-10-20-18(25)11-23-19(15-12-26-13-16(15)22-23)21-17(24)9-8-14-6-4-3-5-7-14/h3-9H,2,10-13H2,1H3,(H,20,25)(H,21,24)/b9-8+. The molecule has 3 rings (SSSR count). The molecule has 6 nitrogen and oxygen atoms in total. The number of carbonyl (C=O) groups excluding carboxylic acids is 2. The maximum atomic E-state index is 12.3. The van der Waals surface area contributed by atoms with Gasteiger partial charge in [-0.1, -0.05) is 37.3 Å². The second-order valence-electron chi connectivity index (χ2n) is 6.01. The van der Waals surface area contributed by atoms with Gasteiger partial charge >= 0.3 is 0 Å². The van der Waals surface area contributed by atoms with Gasteiger partial charge in [0.2, 0.25) is 11.8 Å². The zero-order valence-corrected chi connectivity index (χ0v) is 15.5. The predicted octanol–water partition coefficient (Wildman–Crippen LogP) is 2.81. The lowest BCUT2D eigenvalue weighted by molar-refractivity contribution is -0.121. The third kappa shape index (κ3) is 4.54. The summed E-state index contributed by atoms with van der Waals surface area (Å²) >= 11 is 1.76. The highest BCUT2D eigenvalue weighted by molar-refractivity contribution is 7.98. The molecule has 0 saturated heterocycles. The van der Waals surface area contributed by atoms with Gasteiger partial charge in [0.25, 0.3) is 0 Å². The Bertz CT molecular complexity index is 814. The van der Waals surface area contributed by atoms with Gasteiger partial charge in [-0.15, -0.1) is 0 Å². The summed E-state index contributed by atoms with van der Waals surface area (Å²) in [6, 6.07) is 9.64. The van der Waals surface area contributed by atoms with Gasteiger partial charge in [-0.25, -0.2) is 4.68 Å². The molecule has 1 aromatic heterocycles. The van der Waals surface area contributed by atoms with E-state index in [4.69, 9.17) is 0 Å². The van der Waals surface area contributed by atoms with E-state index in [1.807, 2.05) is 37.3 Å². The highest BCUT2D eigenvalue weighted by atomic mass is 32.2. The minimum atomic E-state index is -0.233. The van der Waals surface area contributed by atoms with Crippen LogP contribution in [-0.2, 0) is 27.6 Å². The number of rotatable bonds is 7. The Kier molecular flexibility index (Phi) is 6.12. The van der Waals surface area contributed by atoms with Gasteiger partial charge in [0.15, 0.2) is 0 Å². The van der Waals surface area contributed by atoms with Gasteiger partial charge in [-0.3, -0.25) is 9.59 Å². The van der Waals surface area contributed by atoms with Crippen LogP contribution in [0.15, 0.2) is 36.4 Å². The number of hydrogen-bond donors (Lipinski definition) is 2. The van der Waals surface area contributed by atoms with Gasteiger partial charge in [-0.2, -0.15) is 16.9 Å². The molecule has 0 saturated carbocycles. The third-order valence-electron chi connectivity index (χ3n) is 3.95. The molecule has 0 unspecified atom stereocenters. The Labute approximate surface area is 157 Å². The first-order valence-corrected chi connectivity index (χ1v) is 9.80. The Morgan fingerprint density at radius 2 is 2.08 bits per heavy atom. The lowest BCUT2D eigenvalue weighted by Crippen LogP contribution is -2.29. The Morgan fingerprint density at radius 3 is 2.85 bits per heavy atom. The highest BCUT2D eigenvalue weighted by Gasteiger charge is 2.24. The van der Waals surface area contributed by atoms with Crippen LogP contribution in [0.3, 0.4) is 0 Å². The summed E-state index contributed by atoms with van der Waals surface area (Å²) in [5, 5.41) is 10.3. The van der Waals surface area contributed by atoms with E-state index in [1.54, 1.807) is 22.5 Å². The molecule has 2 amide bonds. The summed E-state index contributed by atoms with van der Waals surface area (Å²) in [4.78, 5) is 24.4. The van der Waals surface area contributed by atoms with Crippen LogP contribution < -0.4 is 10.6 Å². The van der Waals surface area contributed by atoms with Crippen molar-refractivity contribution in [2.45, 2.75) is 31.4 Å². The maximum absolute atomic E-state index is 12.3. The monoisotopic (exact) mass is 370 g/mol. The van der Waals surface area contributed by atoms with Gasteiger partial charge in [-0.05, 0) is 18.1 Å². The fraction of sp³-hybridized carbons (Fsp3) is 0.316. The molecular formula is C19H22N4O2S. The first kappa shape index (κ1) is 18.3. The first-order valence-electron chi connectivity index (χ1n) is 8.64. The van der Waals surface area contributed by atoms with E-state index in [2.05, 4.69) is 15.7 Å². The van der Waals surface area contributed by atoms with E-state index >= 15 is 0 Å². The molecule has 26 heavy (non-hydrogen) atoms. The Morgan fingerprint density at radius 1 is 1.27 bits per heavy atom. The van der Waals surface area contributed by atoms with Crippen molar-refractivity contribution in [2.75, 3.05) is 11.9 Å². The summed E-state index contributed by atoms with van der Waals surface area (Å²) in [7, 11) is 0. The van der Waals surface area contributed by atoms with E-state index < -0.39 is 0 Å². The number of amides is 2. The lowest BCUT2D eigenvalue weighted by Gasteiger charge is -2.10. The van der Waals surface area contributed by atoms with E-state index in [-0.39, 0.29) is 18.4 Å². The molecule has 136 valence electrons. The summed E-state index contributed by atoms with van der Waals surface area (Å²) in [6.45, 7) is 2.75. The average Bonchev–Trinajstić information content (AvgIpc) is 3.22. The Balaban J connectivity index is 1.72. The third-order valence-corrected chi connectivity index (χ3v) is 4.92. The molecule has 0 fully saturated rings. The molecule has 2 N–H and O–H groups in total. The number of aromatic nitrogens is 2. The smallest absolute Gasteiger partial charge is 0.249 e. The second-order valence-corrected chi connectivity index (χ2v) is 6.99. The van der Waals surface area contributed by atoms with Crippen molar-refractivity contribution in [2.24, 2.45) is 0 Å². The van der Waals surface area contributed by atoms with Crippen LogP contribution in [0.2, 0.25) is 0 Å². The molecule has 2 aromatic rings. The van der Waals surface area contributed by atoms with E-state index in [0.29, 0.717) is 12.4 Å². The number of nitrogens with one attached hydrogen (secondary N) is 2. The number of hydrogen-bond acceptors (Lipinski definition) is 4. The minimum absolute atomic E-state index is 0.101. The summed E-state index contributed by atoms with van der Waals surface area (Å²) < 4.78 is 1.60. The number of carbonyl (C=O) groups is 2. The first-order chi connectivity index (χ1) is 12.7. The van der Waals surface area contributed by atoms with Gasteiger partial charge < -0.3 is 10.6 Å². The Hall–Kier alpha value is -2.54. The maximum Gasteiger partial charge on any atom is 0.249 e. The largest absolute Gasteiger partial charge is 0.355 e. The molecule has 0 aliphatic carbocycles. The molecule has 0 bridgehead atoms.